The van der Waals surface area contributed by atoms with Crippen molar-refractivity contribution in [1.29, 1.82) is 0 Å². The molecule has 7 heterocycles. The van der Waals surface area contributed by atoms with Gasteiger partial charge in [-0.3, -0.25) is 0 Å². The lowest BCUT2D eigenvalue weighted by Gasteiger charge is -2.37. The summed E-state index contributed by atoms with van der Waals surface area (Å²) in [4.78, 5) is 5.43. The summed E-state index contributed by atoms with van der Waals surface area (Å²) in [6.45, 7) is 11.2. The van der Waals surface area contributed by atoms with Crippen molar-refractivity contribution in [2.75, 3.05) is 0 Å². The quantitative estimate of drug-likeness (QED) is 0.173. The molecule has 0 amide bonds. The molecule has 7 heteroatoms. The van der Waals surface area contributed by atoms with Gasteiger partial charge in [-0.15, -0.1) is 0 Å². The molecule has 0 radical (unpaired) electrons. The van der Waals surface area contributed by atoms with Crippen LogP contribution in [0.1, 0.15) is 56.4 Å². The summed E-state index contributed by atoms with van der Waals surface area (Å²) in [6.07, 6.45) is 0. The molecule has 0 bridgehead atoms. The summed E-state index contributed by atoms with van der Waals surface area (Å²) >= 11 is 0. The van der Waals surface area contributed by atoms with Gasteiger partial charge in [0.1, 0.15) is 17.2 Å². The molecule has 3 aromatic heterocycles. The Labute approximate surface area is 319 Å². The Kier molecular flexibility index (Phi) is 5.54. The van der Waals surface area contributed by atoms with Gasteiger partial charge in [0.05, 0.1) is 27.8 Å². The molecule has 4 aliphatic heterocycles. The second-order valence-corrected chi connectivity index (χ2v) is 16.6. The first kappa shape index (κ1) is 30.2. The van der Waals surface area contributed by atoms with Gasteiger partial charge >= 0.3 is 0 Å². The number of aromatic nitrogens is 3. The molecule has 0 saturated heterocycles. The predicted molar refractivity (Wildman–Crippen MR) is 228 cm³/mol. The number of pyridine rings is 1. The fourth-order valence-corrected chi connectivity index (χ4v) is 10.9. The Morgan fingerprint density at radius 3 is 1.75 bits per heavy atom. The van der Waals surface area contributed by atoms with Gasteiger partial charge in [-0.1, -0.05) is 107 Å². The highest BCUT2D eigenvalue weighted by Crippen LogP contribution is 2.46. The van der Waals surface area contributed by atoms with Crippen LogP contribution in [0.25, 0.3) is 55.0 Å². The molecule has 4 aliphatic rings. The largest absolute Gasteiger partial charge is 0.458 e. The van der Waals surface area contributed by atoms with Crippen molar-refractivity contribution in [2.24, 2.45) is 0 Å². The van der Waals surface area contributed by atoms with E-state index in [-0.39, 0.29) is 19.3 Å². The van der Waals surface area contributed by atoms with Crippen LogP contribution in [0.2, 0.25) is 0 Å². The summed E-state index contributed by atoms with van der Waals surface area (Å²) in [6, 6.07) is 40.5. The van der Waals surface area contributed by atoms with Gasteiger partial charge in [-0.25, -0.2) is 4.98 Å². The van der Waals surface area contributed by atoms with Crippen molar-refractivity contribution >= 4 is 89.8 Å². The third-order valence-corrected chi connectivity index (χ3v) is 13.1. The zero-order valence-corrected chi connectivity index (χ0v) is 31.4. The Hall–Kier alpha value is -6.20. The van der Waals surface area contributed by atoms with Crippen molar-refractivity contribution < 1.29 is 9.47 Å². The maximum atomic E-state index is 7.24. The standard InChI is InChI=1S/C48H35B2N3O2/c1-24(2)29-22-38-41-44-39(29)27-14-6-10-18-34(27)52(44)36-20-12-8-16-30(36)49(41)32-23-33-47(26(5)46(32)54-38)55-48-42-45-40(43(51-48)25(3)4)28-15-7-11-19-35(28)53(45)37-21-13-9-17-31(37)50(33)42/h6-25H,1-5H3. The summed E-state index contributed by atoms with van der Waals surface area (Å²) in [5.74, 6) is 3.95. The molecule has 0 atom stereocenters. The molecule has 5 nitrogen and oxygen atoms in total. The molecule has 0 unspecified atom stereocenters. The van der Waals surface area contributed by atoms with Gasteiger partial charge in [0, 0.05) is 43.9 Å². The van der Waals surface area contributed by atoms with Gasteiger partial charge in [0.15, 0.2) is 0 Å². The maximum absolute atomic E-state index is 7.24. The lowest BCUT2D eigenvalue weighted by Crippen LogP contribution is -2.62. The Bertz CT molecular complexity index is 3050. The second-order valence-electron chi connectivity index (χ2n) is 16.6. The van der Waals surface area contributed by atoms with Crippen LogP contribution >= 0.6 is 0 Å². The molecule has 260 valence electrons. The van der Waals surface area contributed by atoms with E-state index in [0.29, 0.717) is 11.8 Å². The molecular weight excluding hydrogens is 672 g/mol. The fourth-order valence-electron chi connectivity index (χ4n) is 10.9. The van der Waals surface area contributed by atoms with Crippen molar-refractivity contribution in [3.8, 4) is 34.5 Å². The number of rotatable bonds is 2. The molecule has 55 heavy (non-hydrogen) atoms. The normalized spacial score (nSPS) is 14.1. The summed E-state index contributed by atoms with van der Waals surface area (Å²) in [7, 11) is 0. The zero-order chi connectivity index (χ0) is 36.6. The van der Waals surface area contributed by atoms with Gasteiger partial charge in [0.2, 0.25) is 5.88 Å². The third kappa shape index (κ3) is 3.48. The van der Waals surface area contributed by atoms with Crippen LogP contribution < -0.4 is 42.3 Å². The fraction of sp³-hybridized carbons (Fsp3) is 0.146. The number of para-hydroxylation sites is 4. The van der Waals surface area contributed by atoms with E-state index in [0.717, 1.165) is 34.0 Å². The van der Waals surface area contributed by atoms with Crippen LogP contribution in [-0.2, 0) is 0 Å². The molecule has 0 saturated carbocycles. The first-order valence-corrected chi connectivity index (χ1v) is 19.7. The highest BCUT2D eigenvalue weighted by atomic mass is 16.5. The average Bonchev–Trinajstić information content (AvgIpc) is 3.74. The van der Waals surface area contributed by atoms with Crippen LogP contribution in [0.15, 0.2) is 109 Å². The Balaban J connectivity index is 1.15. The minimum Gasteiger partial charge on any atom is -0.458 e. The lowest BCUT2D eigenvalue weighted by atomic mass is 9.31. The van der Waals surface area contributed by atoms with E-state index in [9.17, 15) is 0 Å². The van der Waals surface area contributed by atoms with E-state index >= 15 is 0 Å². The molecule has 0 spiro atoms. The number of nitrogens with zero attached hydrogens (tertiary/aromatic N) is 3. The summed E-state index contributed by atoms with van der Waals surface area (Å²) < 4.78 is 19.4. The van der Waals surface area contributed by atoms with Gasteiger partial charge in [-0.05, 0) is 82.0 Å². The molecule has 6 aromatic carbocycles. The van der Waals surface area contributed by atoms with E-state index in [1.165, 1.54) is 87.9 Å². The van der Waals surface area contributed by atoms with Crippen LogP contribution in [0.3, 0.4) is 0 Å². The van der Waals surface area contributed by atoms with Crippen molar-refractivity contribution in [3.05, 3.63) is 126 Å². The zero-order valence-electron chi connectivity index (χ0n) is 31.4. The topological polar surface area (TPSA) is 41.2 Å². The minimum absolute atomic E-state index is 0.00684. The Morgan fingerprint density at radius 2 is 1.11 bits per heavy atom. The van der Waals surface area contributed by atoms with E-state index in [4.69, 9.17) is 14.5 Å². The van der Waals surface area contributed by atoms with Gasteiger partial charge in [-0.2, -0.15) is 0 Å². The minimum atomic E-state index is -0.0537. The molecule has 13 rings (SSSR count). The third-order valence-electron chi connectivity index (χ3n) is 13.1. The second kappa shape index (κ2) is 10.1. The lowest BCUT2D eigenvalue weighted by molar-refractivity contribution is 0.447. The smallest absolute Gasteiger partial charge is 0.258 e. The summed E-state index contributed by atoms with van der Waals surface area (Å²) in [5.41, 5.74) is 18.2. The van der Waals surface area contributed by atoms with Crippen LogP contribution in [0.5, 0.6) is 23.1 Å². The SMILES string of the molecule is Cc1c2c(cc3c1Oc1nc(C(C)C)c4c5ccccc5n5c4c1B3c1ccccc1-5)B1c3ccccc3-n3c4ccccc4c4c(C(C)C)cc(c1c43)O2. The Morgan fingerprint density at radius 1 is 0.564 bits per heavy atom. The maximum Gasteiger partial charge on any atom is 0.258 e. The van der Waals surface area contributed by atoms with Crippen molar-refractivity contribution in [1.82, 2.24) is 14.1 Å². The number of hydrogen-bond donors (Lipinski definition) is 0. The molecule has 0 fully saturated rings. The number of hydrogen-bond acceptors (Lipinski definition) is 3. The number of benzene rings is 6. The van der Waals surface area contributed by atoms with E-state index in [1.807, 2.05) is 0 Å². The molecule has 0 aliphatic carbocycles. The van der Waals surface area contributed by atoms with Crippen molar-refractivity contribution in [3.63, 3.8) is 0 Å². The van der Waals surface area contributed by atoms with Gasteiger partial charge < -0.3 is 18.6 Å². The van der Waals surface area contributed by atoms with E-state index in [2.05, 4.69) is 153 Å². The van der Waals surface area contributed by atoms with Crippen molar-refractivity contribution in [2.45, 2.75) is 46.5 Å². The van der Waals surface area contributed by atoms with Crippen LogP contribution in [-0.4, -0.2) is 27.5 Å². The van der Waals surface area contributed by atoms with E-state index in [1.54, 1.807) is 0 Å². The average molecular weight is 707 g/mol. The van der Waals surface area contributed by atoms with Crippen LogP contribution in [0.4, 0.5) is 0 Å². The molecular formula is C48H35B2N3O2. The van der Waals surface area contributed by atoms with E-state index < -0.39 is 0 Å². The first-order chi connectivity index (χ1) is 26.9. The monoisotopic (exact) mass is 707 g/mol. The molecule has 9 aromatic rings. The highest BCUT2D eigenvalue weighted by molar-refractivity contribution is 7.02. The number of fused-ring (bicyclic) bond motifs is 16. The van der Waals surface area contributed by atoms with Gasteiger partial charge in [0.25, 0.3) is 13.4 Å². The number of ether oxygens (including phenoxy) is 2. The van der Waals surface area contributed by atoms with Crippen LogP contribution in [0, 0.1) is 6.92 Å². The predicted octanol–water partition coefficient (Wildman–Crippen LogP) is 7.70. The first-order valence-electron chi connectivity index (χ1n) is 19.7. The highest BCUT2D eigenvalue weighted by Gasteiger charge is 2.47. The molecule has 0 N–H and O–H groups in total. The summed E-state index contributed by atoms with van der Waals surface area (Å²) in [5, 5.41) is 5.11.